The number of nitrogen functional groups attached to an aromatic ring is 1. The quantitative estimate of drug-likeness (QED) is 0.631. The van der Waals surface area contributed by atoms with Crippen LogP contribution in [0, 0.1) is 0 Å². The number of anilines is 1. The number of nitrogens with two attached hydrogens (primary N) is 1. The van der Waals surface area contributed by atoms with Crippen LogP contribution < -0.4 is 5.73 Å². The number of thioether (sulfide) groups is 1. The molecule has 0 amide bonds. The van der Waals surface area contributed by atoms with E-state index in [1.54, 1.807) is 6.92 Å². The molecule has 25 heavy (non-hydrogen) atoms. The van der Waals surface area contributed by atoms with Gasteiger partial charge >= 0.3 is 7.12 Å². The Labute approximate surface area is 155 Å². The van der Waals surface area contributed by atoms with Gasteiger partial charge in [0.25, 0.3) is 0 Å². The molecule has 0 spiro atoms. The van der Waals surface area contributed by atoms with Crippen LogP contribution in [0.5, 0.6) is 0 Å². The van der Waals surface area contributed by atoms with E-state index < -0.39 is 18.3 Å². The fourth-order valence-electron chi connectivity index (χ4n) is 2.59. The molecule has 1 aliphatic heterocycles. The molecule has 1 fully saturated rings. The van der Waals surface area contributed by atoms with Crippen LogP contribution in [0.3, 0.4) is 0 Å². The van der Waals surface area contributed by atoms with Crippen LogP contribution in [-0.2, 0) is 20.5 Å². The maximum Gasteiger partial charge on any atom is 0.491 e. The summed E-state index contributed by atoms with van der Waals surface area (Å²) in [4.78, 5) is 11.5. The van der Waals surface area contributed by atoms with Crippen molar-refractivity contribution < 1.29 is 14.1 Å². The van der Waals surface area contributed by atoms with Crippen molar-refractivity contribution in [2.24, 2.45) is 0 Å². The van der Waals surface area contributed by atoms with Gasteiger partial charge in [-0.15, -0.1) is 0 Å². The van der Waals surface area contributed by atoms with E-state index in [4.69, 9.17) is 15.0 Å². The van der Waals surface area contributed by atoms with Crippen LogP contribution in [0.25, 0.3) is 6.08 Å². The number of carbonyl (C=O) groups is 1. The van der Waals surface area contributed by atoms with Gasteiger partial charge in [-0.3, -0.25) is 4.79 Å². The predicted octanol–water partition coefficient (Wildman–Crippen LogP) is 4.13. The fourth-order valence-corrected chi connectivity index (χ4v) is 3.18. The molecule has 0 saturated carbocycles. The van der Waals surface area contributed by atoms with Crippen molar-refractivity contribution in [3.05, 3.63) is 34.8 Å². The highest BCUT2D eigenvalue weighted by Gasteiger charge is 2.52. The lowest BCUT2D eigenvalue weighted by molar-refractivity contribution is -0.109. The van der Waals surface area contributed by atoms with Crippen molar-refractivity contribution >= 4 is 35.8 Å². The molecule has 4 nitrogen and oxygen atoms in total. The van der Waals surface area contributed by atoms with E-state index in [1.807, 2.05) is 39.8 Å². The topological polar surface area (TPSA) is 61.5 Å². The summed E-state index contributed by atoms with van der Waals surface area (Å²) in [7, 11) is -0.459. The second-order valence-electron chi connectivity index (χ2n) is 7.40. The molecule has 2 N–H and O–H groups in total. The minimum atomic E-state index is -0.459. The molecule has 0 aliphatic carbocycles. The SMILES string of the molecule is CCc1cc(C=C(CSC(C)=O)B2OC(C)(C)C(C)(C)O2)ccc1N. The van der Waals surface area contributed by atoms with E-state index in [9.17, 15) is 4.79 Å². The van der Waals surface area contributed by atoms with Gasteiger partial charge in [-0.2, -0.15) is 0 Å². The first-order valence-corrected chi connectivity index (χ1v) is 9.62. The third kappa shape index (κ3) is 4.69. The highest BCUT2D eigenvalue weighted by atomic mass is 32.2. The number of benzene rings is 1. The minimum Gasteiger partial charge on any atom is -0.400 e. The van der Waals surface area contributed by atoms with Crippen LogP contribution in [0.2, 0.25) is 0 Å². The van der Waals surface area contributed by atoms with Gasteiger partial charge < -0.3 is 15.0 Å². The van der Waals surface area contributed by atoms with Gasteiger partial charge in [0.1, 0.15) is 0 Å². The third-order valence-corrected chi connectivity index (χ3v) is 5.78. The molecule has 1 heterocycles. The average Bonchev–Trinajstić information content (AvgIpc) is 2.73. The van der Waals surface area contributed by atoms with Gasteiger partial charge in [0, 0.05) is 18.4 Å². The molecule has 1 aromatic rings. The van der Waals surface area contributed by atoms with Gasteiger partial charge in [-0.25, -0.2) is 0 Å². The Balaban J connectivity index is 2.35. The third-order valence-electron chi connectivity index (χ3n) is 4.90. The first-order chi connectivity index (χ1) is 11.6. The van der Waals surface area contributed by atoms with E-state index >= 15 is 0 Å². The lowest BCUT2D eigenvalue weighted by Crippen LogP contribution is -2.41. The molecule has 1 aromatic carbocycles. The normalized spacial score (nSPS) is 19.3. The van der Waals surface area contributed by atoms with Crippen molar-refractivity contribution in [3.63, 3.8) is 0 Å². The van der Waals surface area contributed by atoms with Gasteiger partial charge in [0.15, 0.2) is 5.12 Å². The fraction of sp³-hybridized carbons (Fsp3) is 0.526. The zero-order valence-electron chi connectivity index (χ0n) is 16.0. The lowest BCUT2D eigenvalue weighted by atomic mass is 9.78. The summed E-state index contributed by atoms with van der Waals surface area (Å²) >= 11 is 1.27. The van der Waals surface area contributed by atoms with Gasteiger partial charge in [0.2, 0.25) is 0 Å². The van der Waals surface area contributed by atoms with Gasteiger partial charge in [0.05, 0.1) is 11.2 Å². The van der Waals surface area contributed by atoms with Crippen LogP contribution in [0.1, 0.15) is 52.7 Å². The number of aryl methyl sites for hydroxylation is 1. The molecule has 1 aliphatic rings. The van der Waals surface area contributed by atoms with E-state index in [2.05, 4.69) is 19.1 Å². The molecule has 0 radical (unpaired) electrons. The number of hydrogen-bond donors (Lipinski definition) is 1. The first-order valence-electron chi connectivity index (χ1n) is 8.63. The Hall–Kier alpha value is -1.24. The Bertz CT molecular complexity index is 669. The Morgan fingerprint density at radius 1 is 1.24 bits per heavy atom. The second kappa shape index (κ2) is 7.56. The second-order valence-corrected chi connectivity index (χ2v) is 8.55. The molecule has 0 atom stereocenters. The highest BCUT2D eigenvalue weighted by molar-refractivity contribution is 8.13. The van der Waals surface area contributed by atoms with E-state index in [0.29, 0.717) is 5.75 Å². The van der Waals surface area contributed by atoms with Crippen molar-refractivity contribution in [1.82, 2.24) is 0 Å². The molecular formula is C19H28BNO3S. The summed E-state index contributed by atoms with van der Waals surface area (Å²) in [5, 5.41) is 0.0778. The summed E-state index contributed by atoms with van der Waals surface area (Å²) in [5.74, 6) is 0.540. The highest BCUT2D eigenvalue weighted by Crippen LogP contribution is 2.39. The summed E-state index contributed by atoms with van der Waals surface area (Å²) in [6.07, 6.45) is 2.93. The number of rotatable bonds is 5. The molecule has 1 saturated heterocycles. The van der Waals surface area contributed by atoms with Crippen LogP contribution >= 0.6 is 11.8 Å². The molecule has 2 rings (SSSR count). The Morgan fingerprint density at radius 2 is 1.84 bits per heavy atom. The van der Waals surface area contributed by atoms with Crippen molar-refractivity contribution in [2.45, 2.75) is 59.2 Å². The smallest absolute Gasteiger partial charge is 0.400 e. The largest absolute Gasteiger partial charge is 0.491 e. The Morgan fingerprint density at radius 3 is 2.36 bits per heavy atom. The molecule has 6 heteroatoms. The van der Waals surface area contributed by atoms with Crippen molar-refractivity contribution in [2.75, 3.05) is 11.5 Å². The predicted molar refractivity (Wildman–Crippen MR) is 107 cm³/mol. The van der Waals surface area contributed by atoms with Gasteiger partial charge in [-0.05, 0) is 62.8 Å². The standard InChI is InChI=1S/C19H28BNO3S/c1-7-15-10-14(8-9-17(15)21)11-16(12-25-13(2)22)20-23-18(3,4)19(5,6)24-20/h8-11H,7,12,21H2,1-6H3. The lowest BCUT2D eigenvalue weighted by Gasteiger charge is -2.32. The summed E-state index contributed by atoms with van der Waals surface area (Å²) in [5.41, 5.74) is 9.09. The molecule has 0 bridgehead atoms. The zero-order valence-corrected chi connectivity index (χ0v) is 16.8. The maximum atomic E-state index is 11.5. The Kier molecular flexibility index (Phi) is 6.07. The first kappa shape index (κ1) is 20.1. The monoisotopic (exact) mass is 361 g/mol. The molecular weight excluding hydrogens is 333 g/mol. The minimum absolute atomic E-state index is 0.0778. The maximum absolute atomic E-state index is 11.5. The molecule has 0 unspecified atom stereocenters. The van der Waals surface area contributed by atoms with E-state index in [0.717, 1.165) is 28.7 Å². The van der Waals surface area contributed by atoms with E-state index in [1.165, 1.54) is 11.8 Å². The zero-order chi connectivity index (χ0) is 18.8. The average molecular weight is 361 g/mol. The number of carbonyl (C=O) groups excluding carboxylic acids is 1. The van der Waals surface area contributed by atoms with Crippen molar-refractivity contribution in [3.8, 4) is 0 Å². The molecule has 0 aromatic heterocycles. The molecule has 136 valence electrons. The van der Waals surface area contributed by atoms with Crippen molar-refractivity contribution in [1.29, 1.82) is 0 Å². The van der Waals surface area contributed by atoms with Gasteiger partial charge in [-0.1, -0.05) is 30.8 Å². The van der Waals surface area contributed by atoms with Crippen LogP contribution in [0.15, 0.2) is 23.7 Å². The summed E-state index contributed by atoms with van der Waals surface area (Å²) in [6.45, 7) is 11.8. The summed E-state index contributed by atoms with van der Waals surface area (Å²) < 4.78 is 12.3. The van der Waals surface area contributed by atoms with E-state index in [-0.39, 0.29) is 5.12 Å². The summed E-state index contributed by atoms with van der Waals surface area (Å²) in [6, 6.07) is 5.99. The van der Waals surface area contributed by atoms with Crippen LogP contribution in [0.4, 0.5) is 5.69 Å². The number of hydrogen-bond acceptors (Lipinski definition) is 5. The van der Waals surface area contributed by atoms with Crippen LogP contribution in [-0.4, -0.2) is 29.2 Å².